The fourth-order valence-corrected chi connectivity index (χ4v) is 4.79. The molecule has 2 aromatic heterocycles. The fourth-order valence-electron chi connectivity index (χ4n) is 3.52. The van der Waals surface area contributed by atoms with Crippen LogP contribution >= 0.6 is 11.3 Å². The van der Waals surface area contributed by atoms with Crippen molar-refractivity contribution in [2.45, 2.75) is 58.3 Å². The minimum absolute atomic E-state index is 0.0152. The van der Waals surface area contributed by atoms with E-state index in [2.05, 4.69) is 15.5 Å². The van der Waals surface area contributed by atoms with Crippen LogP contribution in [0.1, 0.15) is 54.8 Å². The van der Waals surface area contributed by atoms with Crippen LogP contribution < -0.4 is 5.32 Å². The molecule has 1 amide bonds. The van der Waals surface area contributed by atoms with Gasteiger partial charge in [0.2, 0.25) is 0 Å². The fraction of sp³-hybridized carbons (Fsp3) is 0.474. The normalized spacial score (nSPS) is 15.7. The van der Waals surface area contributed by atoms with Crippen LogP contribution in [0.2, 0.25) is 0 Å². The van der Waals surface area contributed by atoms with Crippen LogP contribution in [0.5, 0.6) is 0 Å². The monoisotopic (exact) mass is 405 g/mol. The van der Waals surface area contributed by atoms with Gasteiger partial charge in [0.25, 0.3) is 11.8 Å². The number of amides is 1. The van der Waals surface area contributed by atoms with Crippen LogP contribution in [-0.4, -0.2) is 32.4 Å². The zero-order chi connectivity index (χ0) is 20.1. The first kappa shape index (κ1) is 20.1. The van der Waals surface area contributed by atoms with E-state index in [1.165, 1.54) is 29.7 Å². The minimum atomic E-state index is -1.83. The molecule has 28 heavy (non-hydrogen) atoms. The molecule has 2 heterocycles. The second kappa shape index (κ2) is 9.01. The lowest BCUT2D eigenvalue weighted by atomic mass is 10.1. The molecule has 0 unspecified atom stereocenters. The Labute approximate surface area is 166 Å². The van der Waals surface area contributed by atoms with Crippen molar-refractivity contribution < 1.29 is 24.3 Å². The molecule has 0 radical (unpaired) electrons. The first-order chi connectivity index (χ1) is 13.5. The highest BCUT2D eigenvalue weighted by atomic mass is 32.1. The van der Waals surface area contributed by atoms with Crippen molar-refractivity contribution in [2.24, 2.45) is 0 Å². The Morgan fingerprint density at radius 2 is 1.89 bits per heavy atom. The average Bonchev–Trinajstić information content (AvgIpc) is 3.33. The molecule has 4 rings (SSSR count). The molecule has 150 valence electrons. The molecule has 3 N–H and O–H groups in total. The molecular weight excluding hydrogens is 382 g/mol. The predicted octanol–water partition coefficient (Wildman–Crippen LogP) is 4.65. The zero-order valence-corrected chi connectivity index (χ0v) is 16.5. The van der Waals surface area contributed by atoms with Crippen molar-refractivity contribution in [1.29, 1.82) is 0 Å². The highest BCUT2D eigenvalue weighted by Crippen LogP contribution is 2.43. The number of fused-ring (bicyclic) bond motifs is 1. The summed E-state index contributed by atoms with van der Waals surface area (Å²) < 4.78 is 5.44. The summed E-state index contributed by atoms with van der Waals surface area (Å²) in [5.74, 6) is 1.17. The summed E-state index contributed by atoms with van der Waals surface area (Å²) in [6.45, 7) is 1.82. The van der Waals surface area contributed by atoms with Crippen LogP contribution in [0.15, 0.2) is 16.2 Å². The van der Waals surface area contributed by atoms with E-state index in [4.69, 9.17) is 19.5 Å². The van der Waals surface area contributed by atoms with Gasteiger partial charge >= 0.3 is 6.16 Å². The topological polar surface area (TPSA) is 126 Å². The third-order valence-electron chi connectivity index (χ3n) is 4.72. The number of rotatable bonds is 3. The standard InChI is InChI=1S/C18H21N3O2S.CH2O3/c1-11-19-17(23-21-11)15-13-9-3-2-4-10-14(13)24-18(15)20-16(22)12-7-5-6-8-12;2-1(3)4/h7H,2-6,8-10H2,1H3,(H,20,22);(H2,2,3,4). The van der Waals surface area contributed by atoms with Crippen LogP contribution in [0, 0.1) is 6.92 Å². The molecule has 2 aromatic rings. The molecule has 2 aliphatic rings. The van der Waals surface area contributed by atoms with E-state index in [9.17, 15) is 4.79 Å². The van der Waals surface area contributed by atoms with E-state index < -0.39 is 6.16 Å². The molecule has 0 saturated carbocycles. The summed E-state index contributed by atoms with van der Waals surface area (Å²) in [6, 6.07) is 0. The van der Waals surface area contributed by atoms with Crippen molar-refractivity contribution in [2.75, 3.05) is 5.32 Å². The molecule has 0 aromatic carbocycles. The number of carboxylic acid groups (broad SMARTS) is 2. The van der Waals surface area contributed by atoms with Crippen LogP contribution in [0.4, 0.5) is 9.80 Å². The number of aryl methyl sites for hydroxylation is 2. The predicted molar refractivity (Wildman–Crippen MR) is 105 cm³/mol. The van der Waals surface area contributed by atoms with Gasteiger partial charge in [-0.25, -0.2) is 4.79 Å². The third kappa shape index (κ3) is 4.78. The lowest BCUT2D eigenvalue weighted by Gasteiger charge is -2.06. The first-order valence-electron chi connectivity index (χ1n) is 9.33. The molecule has 8 nitrogen and oxygen atoms in total. The third-order valence-corrected chi connectivity index (χ3v) is 5.93. The maximum absolute atomic E-state index is 12.5. The van der Waals surface area contributed by atoms with E-state index in [0.717, 1.165) is 48.2 Å². The SMILES string of the molecule is Cc1noc(-c2c(NC(=O)C3=CCCC3)sc3c2CCCCC3)n1.O=C(O)O. The van der Waals surface area contributed by atoms with Gasteiger partial charge in [-0.15, -0.1) is 11.3 Å². The van der Waals surface area contributed by atoms with E-state index in [-0.39, 0.29) is 5.91 Å². The maximum Gasteiger partial charge on any atom is 0.503 e. The molecule has 0 saturated heterocycles. The Morgan fingerprint density at radius 3 is 2.54 bits per heavy atom. The highest BCUT2D eigenvalue weighted by Gasteiger charge is 2.26. The van der Waals surface area contributed by atoms with Crippen LogP contribution in [0.3, 0.4) is 0 Å². The molecule has 0 aliphatic heterocycles. The quantitative estimate of drug-likeness (QED) is 0.635. The summed E-state index contributed by atoms with van der Waals surface area (Å²) >= 11 is 1.68. The molecule has 2 aliphatic carbocycles. The lowest BCUT2D eigenvalue weighted by molar-refractivity contribution is -0.112. The van der Waals surface area contributed by atoms with Crippen LogP contribution in [0.25, 0.3) is 11.5 Å². The maximum atomic E-state index is 12.5. The van der Waals surface area contributed by atoms with E-state index in [1.807, 2.05) is 13.0 Å². The summed E-state index contributed by atoms with van der Waals surface area (Å²) in [5, 5.41) is 21.9. The van der Waals surface area contributed by atoms with E-state index >= 15 is 0 Å². The minimum Gasteiger partial charge on any atom is -0.450 e. The van der Waals surface area contributed by atoms with Gasteiger partial charge in [-0.1, -0.05) is 17.7 Å². The number of hydrogen-bond acceptors (Lipinski definition) is 6. The summed E-state index contributed by atoms with van der Waals surface area (Å²) in [4.78, 5) is 26.9. The summed E-state index contributed by atoms with van der Waals surface area (Å²) in [5.41, 5.74) is 3.13. The number of carbonyl (C=O) groups is 2. The molecule has 9 heteroatoms. The van der Waals surface area contributed by atoms with Gasteiger partial charge in [0.1, 0.15) is 5.00 Å². The molecule has 0 bridgehead atoms. The molecule has 0 fully saturated rings. The number of anilines is 1. The Bertz CT molecular complexity index is 896. The Morgan fingerprint density at radius 1 is 1.14 bits per heavy atom. The van der Waals surface area contributed by atoms with E-state index in [0.29, 0.717) is 11.7 Å². The Kier molecular flexibility index (Phi) is 6.45. The number of hydrogen-bond donors (Lipinski definition) is 3. The number of nitrogens with zero attached hydrogens (tertiary/aromatic N) is 2. The lowest BCUT2D eigenvalue weighted by Crippen LogP contribution is -2.13. The summed E-state index contributed by atoms with van der Waals surface area (Å²) in [6.07, 6.45) is 8.85. The average molecular weight is 405 g/mol. The number of nitrogens with one attached hydrogen (secondary N) is 1. The van der Waals surface area contributed by atoms with Crippen molar-refractivity contribution in [3.8, 4) is 11.5 Å². The Hall–Kier alpha value is -2.68. The number of aromatic nitrogens is 2. The van der Waals surface area contributed by atoms with Crippen molar-refractivity contribution in [3.05, 3.63) is 27.9 Å². The van der Waals surface area contributed by atoms with Gasteiger partial charge in [0, 0.05) is 10.5 Å². The number of carbonyl (C=O) groups excluding carboxylic acids is 1. The van der Waals surface area contributed by atoms with Gasteiger partial charge in [-0.05, 0) is 57.4 Å². The highest BCUT2D eigenvalue weighted by molar-refractivity contribution is 7.17. The number of thiophene rings is 1. The largest absolute Gasteiger partial charge is 0.503 e. The summed E-state index contributed by atoms with van der Waals surface area (Å²) in [7, 11) is 0. The van der Waals surface area contributed by atoms with E-state index in [1.54, 1.807) is 11.3 Å². The second-order valence-electron chi connectivity index (χ2n) is 6.77. The molecular formula is C19H23N3O5S. The van der Waals surface area contributed by atoms with Crippen molar-refractivity contribution in [1.82, 2.24) is 10.1 Å². The Balaban J connectivity index is 0.000000516. The van der Waals surface area contributed by atoms with Gasteiger partial charge in [-0.2, -0.15) is 4.98 Å². The van der Waals surface area contributed by atoms with Crippen molar-refractivity contribution >= 4 is 28.4 Å². The molecule has 0 atom stereocenters. The van der Waals surface area contributed by atoms with Gasteiger partial charge in [-0.3, -0.25) is 4.79 Å². The first-order valence-corrected chi connectivity index (χ1v) is 10.1. The van der Waals surface area contributed by atoms with Gasteiger partial charge in [0.15, 0.2) is 5.82 Å². The van der Waals surface area contributed by atoms with Gasteiger partial charge < -0.3 is 20.1 Å². The van der Waals surface area contributed by atoms with Crippen LogP contribution in [-0.2, 0) is 17.6 Å². The second-order valence-corrected chi connectivity index (χ2v) is 7.88. The smallest absolute Gasteiger partial charge is 0.450 e. The van der Waals surface area contributed by atoms with Gasteiger partial charge in [0.05, 0.1) is 5.56 Å². The number of allylic oxidation sites excluding steroid dienone is 1. The van der Waals surface area contributed by atoms with Crippen molar-refractivity contribution in [3.63, 3.8) is 0 Å². The zero-order valence-electron chi connectivity index (χ0n) is 15.7. The molecule has 0 spiro atoms.